The van der Waals surface area contributed by atoms with Gasteiger partial charge in [0.1, 0.15) is 12.2 Å². The summed E-state index contributed by atoms with van der Waals surface area (Å²) in [5.74, 6) is 4.24. The first-order valence-corrected chi connectivity index (χ1v) is 2.99. The first-order valence-electron chi connectivity index (χ1n) is 2.99. The molecular formula is C8H10O2. The molecule has 2 N–H and O–H groups in total. The lowest BCUT2D eigenvalue weighted by molar-refractivity contribution is 0.172. The summed E-state index contributed by atoms with van der Waals surface area (Å²) in [5, 5.41) is 17.6. The molecule has 0 unspecified atom stereocenters. The fourth-order valence-corrected chi connectivity index (χ4v) is 0.482. The van der Waals surface area contributed by atoms with Gasteiger partial charge in [0.2, 0.25) is 0 Å². The van der Waals surface area contributed by atoms with E-state index in [0.717, 1.165) is 0 Å². The number of aliphatic hydroxyl groups excluding tert-OH is 2. The third-order valence-corrected chi connectivity index (χ3v) is 1.10. The number of terminal acetylenes is 2. The Morgan fingerprint density at radius 1 is 1.00 bits per heavy atom. The third-order valence-electron chi connectivity index (χ3n) is 1.10. The third kappa shape index (κ3) is 3.97. The molecule has 0 amide bonds. The average Bonchev–Trinajstić information content (AvgIpc) is 1.99. The molecule has 0 aliphatic rings. The molecule has 0 heterocycles. The Bertz CT molecular complexity index is 141. The predicted octanol–water partition coefficient (Wildman–Crippen LogP) is -0.245. The van der Waals surface area contributed by atoms with Crippen LogP contribution in [0.2, 0.25) is 0 Å². The zero-order valence-corrected chi connectivity index (χ0v) is 5.62. The van der Waals surface area contributed by atoms with Crippen LogP contribution in [0.3, 0.4) is 0 Å². The Morgan fingerprint density at radius 3 is 1.50 bits per heavy atom. The summed E-state index contributed by atoms with van der Waals surface area (Å²) in [5.41, 5.74) is 0. The second kappa shape index (κ2) is 4.88. The predicted molar refractivity (Wildman–Crippen MR) is 38.9 cm³/mol. The molecule has 2 heteroatoms. The molecule has 0 bridgehead atoms. The van der Waals surface area contributed by atoms with Gasteiger partial charge in [-0.2, -0.15) is 0 Å². The number of rotatable bonds is 3. The topological polar surface area (TPSA) is 40.5 Å². The molecule has 54 valence electrons. The van der Waals surface area contributed by atoms with Crippen molar-refractivity contribution in [2.75, 3.05) is 0 Å². The minimum absolute atomic E-state index is 0.349. The van der Waals surface area contributed by atoms with Crippen LogP contribution in [0.25, 0.3) is 0 Å². The van der Waals surface area contributed by atoms with Crippen molar-refractivity contribution in [2.24, 2.45) is 0 Å². The lowest BCUT2D eigenvalue weighted by Crippen LogP contribution is -2.09. The lowest BCUT2D eigenvalue weighted by Gasteiger charge is -2.03. The van der Waals surface area contributed by atoms with Crippen LogP contribution in [-0.2, 0) is 0 Å². The molecule has 0 saturated carbocycles. The van der Waals surface area contributed by atoms with Crippen molar-refractivity contribution in [3.8, 4) is 24.7 Å². The molecule has 0 aliphatic heterocycles. The van der Waals surface area contributed by atoms with Crippen molar-refractivity contribution < 1.29 is 10.2 Å². The number of hydrogen-bond donors (Lipinski definition) is 2. The molecule has 0 aliphatic carbocycles. The lowest BCUT2D eigenvalue weighted by atomic mass is 10.1. The van der Waals surface area contributed by atoms with Crippen LogP contribution in [0.15, 0.2) is 0 Å². The van der Waals surface area contributed by atoms with Crippen LogP contribution in [0.4, 0.5) is 0 Å². The average molecular weight is 138 g/mol. The van der Waals surface area contributed by atoms with E-state index in [9.17, 15) is 0 Å². The summed E-state index contributed by atoms with van der Waals surface area (Å²) in [6.07, 6.45) is 8.85. The van der Waals surface area contributed by atoms with Gasteiger partial charge in [0, 0.05) is 0 Å². The summed E-state index contributed by atoms with van der Waals surface area (Å²) in [6, 6.07) is 0. The van der Waals surface area contributed by atoms with Gasteiger partial charge in [-0.1, -0.05) is 11.8 Å². The summed E-state index contributed by atoms with van der Waals surface area (Å²) in [4.78, 5) is 0. The van der Waals surface area contributed by atoms with E-state index in [-0.39, 0.29) is 0 Å². The zero-order valence-electron chi connectivity index (χ0n) is 5.62. The number of hydrogen-bond acceptors (Lipinski definition) is 2. The molecule has 0 fully saturated rings. The largest absolute Gasteiger partial charge is 0.380 e. The monoisotopic (exact) mass is 138 g/mol. The Kier molecular flexibility index (Phi) is 4.41. The van der Waals surface area contributed by atoms with Crippen LogP contribution in [-0.4, -0.2) is 22.4 Å². The summed E-state index contributed by atoms with van der Waals surface area (Å²) >= 11 is 0. The van der Waals surface area contributed by atoms with Crippen molar-refractivity contribution >= 4 is 0 Å². The van der Waals surface area contributed by atoms with Gasteiger partial charge in [0.15, 0.2) is 0 Å². The van der Waals surface area contributed by atoms with Crippen LogP contribution in [0, 0.1) is 24.7 Å². The van der Waals surface area contributed by atoms with Gasteiger partial charge in [-0.25, -0.2) is 0 Å². The summed E-state index contributed by atoms with van der Waals surface area (Å²) < 4.78 is 0. The highest BCUT2D eigenvalue weighted by Crippen LogP contribution is 1.99. The maximum Gasteiger partial charge on any atom is 0.114 e. The maximum absolute atomic E-state index is 8.79. The van der Waals surface area contributed by atoms with Gasteiger partial charge in [-0.05, 0) is 12.8 Å². The van der Waals surface area contributed by atoms with E-state index in [2.05, 4.69) is 11.8 Å². The summed E-state index contributed by atoms with van der Waals surface area (Å²) in [6.45, 7) is 0. The first-order chi connectivity index (χ1) is 4.70. The zero-order chi connectivity index (χ0) is 7.98. The van der Waals surface area contributed by atoms with Crippen LogP contribution < -0.4 is 0 Å². The molecular weight excluding hydrogens is 128 g/mol. The molecule has 2 nitrogen and oxygen atoms in total. The second-order valence-electron chi connectivity index (χ2n) is 1.94. The van der Waals surface area contributed by atoms with Gasteiger partial charge in [0.25, 0.3) is 0 Å². The standard InChI is InChI=1S/C8H10O2/c1-3-7(9)5-6-8(10)4-2/h1-2,7-10H,5-6H2/t7-,8-/m0/s1. The molecule has 0 aromatic carbocycles. The fraction of sp³-hybridized carbons (Fsp3) is 0.500. The Morgan fingerprint density at radius 2 is 1.30 bits per heavy atom. The van der Waals surface area contributed by atoms with Crippen LogP contribution in [0.1, 0.15) is 12.8 Å². The van der Waals surface area contributed by atoms with E-state index in [1.54, 1.807) is 0 Å². The van der Waals surface area contributed by atoms with E-state index in [1.807, 2.05) is 0 Å². The van der Waals surface area contributed by atoms with E-state index < -0.39 is 12.2 Å². The van der Waals surface area contributed by atoms with E-state index in [0.29, 0.717) is 12.8 Å². The maximum atomic E-state index is 8.79. The van der Waals surface area contributed by atoms with Gasteiger partial charge in [0.05, 0.1) is 0 Å². The highest BCUT2D eigenvalue weighted by Gasteiger charge is 2.02. The molecule has 10 heavy (non-hydrogen) atoms. The van der Waals surface area contributed by atoms with Crippen molar-refractivity contribution in [3.05, 3.63) is 0 Å². The molecule has 2 atom stereocenters. The molecule has 0 spiro atoms. The second-order valence-corrected chi connectivity index (χ2v) is 1.94. The van der Waals surface area contributed by atoms with Crippen molar-refractivity contribution in [1.82, 2.24) is 0 Å². The van der Waals surface area contributed by atoms with E-state index >= 15 is 0 Å². The Balaban J connectivity index is 3.40. The molecule has 0 aromatic rings. The van der Waals surface area contributed by atoms with Gasteiger partial charge >= 0.3 is 0 Å². The Hall–Kier alpha value is -0.960. The minimum Gasteiger partial charge on any atom is -0.380 e. The molecule has 0 saturated heterocycles. The van der Waals surface area contributed by atoms with Crippen LogP contribution >= 0.6 is 0 Å². The molecule has 0 rings (SSSR count). The van der Waals surface area contributed by atoms with Crippen molar-refractivity contribution in [3.63, 3.8) is 0 Å². The smallest absolute Gasteiger partial charge is 0.114 e. The first kappa shape index (κ1) is 9.04. The quantitative estimate of drug-likeness (QED) is 0.528. The van der Waals surface area contributed by atoms with Crippen molar-refractivity contribution in [1.29, 1.82) is 0 Å². The van der Waals surface area contributed by atoms with Gasteiger partial charge in [-0.3, -0.25) is 0 Å². The SMILES string of the molecule is C#C[C@H](O)CC[C@@H](O)C#C. The normalized spacial score (nSPS) is 14.8. The highest BCUT2D eigenvalue weighted by molar-refractivity contribution is 4.97. The van der Waals surface area contributed by atoms with Crippen LogP contribution in [0.5, 0.6) is 0 Å². The minimum atomic E-state index is -0.789. The Labute approximate surface area is 60.9 Å². The van der Waals surface area contributed by atoms with Gasteiger partial charge < -0.3 is 10.2 Å². The highest BCUT2D eigenvalue weighted by atomic mass is 16.3. The fourth-order valence-electron chi connectivity index (χ4n) is 0.482. The molecule has 0 radical (unpaired) electrons. The molecule has 0 aromatic heterocycles. The van der Waals surface area contributed by atoms with Crippen molar-refractivity contribution in [2.45, 2.75) is 25.0 Å². The van der Waals surface area contributed by atoms with Gasteiger partial charge in [-0.15, -0.1) is 12.8 Å². The number of aliphatic hydroxyl groups is 2. The summed E-state index contributed by atoms with van der Waals surface area (Å²) in [7, 11) is 0. The van der Waals surface area contributed by atoms with E-state index in [4.69, 9.17) is 23.1 Å². The van der Waals surface area contributed by atoms with E-state index in [1.165, 1.54) is 0 Å².